The standard InChI is InChI=1S/C25H30N4O/c1-2-29(24(30)23-17-22-21(27-23)12-7-15-26-22)20-11-6-10-19(16-20)28-25(13-14-25)18-8-4-3-5-9-18/h3-5,7-9,12,15,17,19-20,27-28H,2,6,10-11,13-14,16H2,1H3/t19-,20-/m0/s1. The number of aromatic amines is 1. The average molecular weight is 403 g/mol. The second-order valence-corrected chi connectivity index (χ2v) is 8.82. The van der Waals surface area contributed by atoms with Crippen LogP contribution in [0.4, 0.5) is 0 Å². The smallest absolute Gasteiger partial charge is 0.270 e. The molecule has 1 aromatic carbocycles. The van der Waals surface area contributed by atoms with Crippen LogP contribution in [0, 0.1) is 0 Å². The molecule has 2 aliphatic rings. The number of fused-ring (bicyclic) bond motifs is 1. The van der Waals surface area contributed by atoms with Gasteiger partial charge in [-0.15, -0.1) is 0 Å². The fraction of sp³-hybridized carbons (Fsp3) is 0.440. The Labute approximate surface area is 177 Å². The van der Waals surface area contributed by atoms with Crippen LogP contribution in [0.1, 0.15) is 61.5 Å². The second kappa shape index (κ2) is 7.88. The fourth-order valence-corrected chi connectivity index (χ4v) is 5.16. The van der Waals surface area contributed by atoms with Crippen LogP contribution in [0.2, 0.25) is 0 Å². The van der Waals surface area contributed by atoms with Gasteiger partial charge in [-0.3, -0.25) is 9.78 Å². The topological polar surface area (TPSA) is 61.0 Å². The van der Waals surface area contributed by atoms with Gasteiger partial charge in [0.25, 0.3) is 5.91 Å². The van der Waals surface area contributed by atoms with E-state index in [9.17, 15) is 4.79 Å². The number of rotatable bonds is 6. The molecule has 1 amide bonds. The Morgan fingerprint density at radius 3 is 2.77 bits per heavy atom. The van der Waals surface area contributed by atoms with Crippen molar-refractivity contribution in [2.45, 2.75) is 63.1 Å². The first-order valence-electron chi connectivity index (χ1n) is 11.3. The minimum atomic E-state index is 0.0883. The molecule has 0 bridgehead atoms. The molecule has 2 aliphatic carbocycles. The number of carbonyl (C=O) groups excluding carboxylic acids is 1. The van der Waals surface area contributed by atoms with Gasteiger partial charge in [0, 0.05) is 30.4 Å². The normalized spacial score (nSPS) is 22.7. The predicted molar refractivity (Wildman–Crippen MR) is 119 cm³/mol. The molecule has 0 saturated heterocycles. The Hall–Kier alpha value is -2.66. The van der Waals surface area contributed by atoms with E-state index >= 15 is 0 Å². The van der Waals surface area contributed by atoms with Crippen LogP contribution in [0.5, 0.6) is 0 Å². The molecule has 2 heterocycles. The summed E-state index contributed by atoms with van der Waals surface area (Å²) in [4.78, 5) is 23.0. The molecule has 0 unspecified atom stereocenters. The quantitative estimate of drug-likeness (QED) is 0.633. The van der Waals surface area contributed by atoms with Crippen LogP contribution in [0.15, 0.2) is 54.7 Å². The van der Waals surface area contributed by atoms with E-state index in [2.05, 4.69) is 57.4 Å². The number of hydrogen-bond acceptors (Lipinski definition) is 3. The Morgan fingerprint density at radius 2 is 2.03 bits per heavy atom. The molecule has 2 aromatic heterocycles. The third-order valence-corrected chi connectivity index (χ3v) is 6.86. The number of nitrogens with zero attached hydrogens (tertiary/aromatic N) is 2. The molecular formula is C25H30N4O. The van der Waals surface area contributed by atoms with Crippen LogP contribution in [-0.4, -0.2) is 39.4 Å². The predicted octanol–water partition coefficient (Wildman–Crippen LogP) is 4.62. The number of nitrogens with one attached hydrogen (secondary N) is 2. The van der Waals surface area contributed by atoms with E-state index in [4.69, 9.17) is 0 Å². The number of carbonyl (C=O) groups is 1. The lowest BCUT2D eigenvalue weighted by Gasteiger charge is -2.38. The summed E-state index contributed by atoms with van der Waals surface area (Å²) in [5.74, 6) is 0.0883. The molecule has 0 radical (unpaired) electrons. The van der Waals surface area contributed by atoms with E-state index in [0.717, 1.165) is 36.8 Å². The highest BCUT2D eigenvalue weighted by atomic mass is 16.2. The molecule has 0 spiro atoms. The summed E-state index contributed by atoms with van der Waals surface area (Å²) in [6, 6.07) is 17.3. The van der Waals surface area contributed by atoms with Crippen molar-refractivity contribution >= 4 is 16.9 Å². The molecule has 5 heteroatoms. The van der Waals surface area contributed by atoms with E-state index in [1.165, 1.54) is 24.8 Å². The lowest BCUT2D eigenvalue weighted by atomic mass is 9.88. The zero-order valence-corrected chi connectivity index (χ0v) is 17.6. The van der Waals surface area contributed by atoms with Crippen molar-refractivity contribution in [2.75, 3.05) is 6.54 Å². The number of pyridine rings is 1. The van der Waals surface area contributed by atoms with Crippen molar-refractivity contribution in [1.29, 1.82) is 0 Å². The molecule has 0 aliphatic heterocycles. The first-order chi connectivity index (χ1) is 14.7. The lowest BCUT2D eigenvalue weighted by Crippen LogP contribution is -2.49. The third kappa shape index (κ3) is 3.63. The molecule has 2 N–H and O–H groups in total. The highest BCUT2D eigenvalue weighted by molar-refractivity contribution is 5.97. The molecule has 5 rings (SSSR count). The largest absolute Gasteiger partial charge is 0.349 e. The minimum Gasteiger partial charge on any atom is -0.349 e. The van der Waals surface area contributed by atoms with Crippen LogP contribution >= 0.6 is 0 Å². The van der Waals surface area contributed by atoms with Gasteiger partial charge in [-0.1, -0.05) is 30.3 Å². The van der Waals surface area contributed by atoms with Gasteiger partial charge in [-0.25, -0.2) is 0 Å². The Kier molecular flexibility index (Phi) is 5.07. The molecule has 156 valence electrons. The van der Waals surface area contributed by atoms with Crippen molar-refractivity contribution in [1.82, 2.24) is 20.2 Å². The zero-order chi connectivity index (χ0) is 20.6. The van der Waals surface area contributed by atoms with Crippen molar-refractivity contribution in [3.8, 4) is 0 Å². The first kappa shape index (κ1) is 19.3. The van der Waals surface area contributed by atoms with Crippen LogP contribution < -0.4 is 5.32 Å². The summed E-state index contributed by atoms with van der Waals surface area (Å²) >= 11 is 0. The summed E-state index contributed by atoms with van der Waals surface area (Å²) < 4.78 is 0. The van der Waals surface area contributed by atoms with Crippen LogP contribution in [-0.2, 0) is 5.54 Å². The van der Waals surface area contributed by atoms with Gasteiger partial charge in [0.15, 0.2) is 0 Å². The summed E-state index contributed by atoms with van der Waals surface area (Å²) in [5.41, 5.74) is 3.96. The van der Waals surface area contributed by atoms with Gasteiger partial charge in [0.05, 0.1) is 11.0 Å². The minimum absolute atomic E-state index is 0.0883. The maximum atomic E-state index is 13.3. The summed E-state index contributed by atoms with van der Waals surface area (Å²) in [5, 5.41) is 3.98. The van der Waals surface area contributed by atoms with E-state index in [1.807, 2.05) is 18.2 Å². The molecule has 2 saturated carbocycles. The Bertz CT molecular complexity index is 991. The Morgan fingerprint density at radius 1 is 1.20 bits per heavy atom. The zero-order valence-electron chi connectivity index (χ0n) is 17.6. The van der Waals surface area contributed by atoms with Crippen LogP contribution in [0.25, 0.3) is 11.0 Å². The fourth-order valence-electron chi connectivity index (χ4n) is 5.16. The maximum Gasteiger partial charge on any atom is 0.270 e. The monoisotopic (exact) mass is 402 g/mol. The number of amides is 1. The summed E-state index contributed by atoms with van der Waals surface area (Å²) in [6.45, 7) is 2.81. The number of benzene rings is 1. The van der Waals surface area contributed by atoms with Gasteiger partial charge in [-0.05, 0) is 69.2 Å². The SMILES string of the molecule is CCN(C(=O)c1cc2ncccc2[nH]1)[C@H]1CCC[C@H](NC2(c3ccccc3)CC2)C1. The molecular weight excluding hydrogens is 372 g/mol. The Balaban J connectivity index is 1.30. The highest BCUT2D eigenvalue weighted by Gasteiger charge is 2.46. The average Bonchev–Trinajstić information content (AvgIpc) is 3.43. The third-order valence-electron chi connectivity index (χ3n) is 6.86. The van der Waals surface area contributed by atoms with Crippen LogP contribution in [0.3, 0.4) is 0 Å². The molecule has 3 aromatic rings. The van der Waals surface area contributed by atoms with Crippen molar-refractivity contribution < 1.29 is 4.79 Å². The van der Waals surface area contributed by atoms with Gasteiger partial charge >= 0.3 is 0 Å². The van der Waals surface area contributed by atoms with E-state index in [1.54, 1.807) is 6.20 Å². The van der Waals surface area contributed by atoms with Gasteiger partial charge in [-0.2, -0.15) is 0 Å². The van der Waals surface area contributed by atoms with Crippen molar-refractivity contribution in [3.63, 3.8) is 0 Å². The second-order valence-electron chi connectivity index (χ2n) is 8.82. The molecule has 30 heavy (non-hydrogen) atoms. The van der Waals surface area contributed by atoms with E-state index < -0.39 is 0 Å². The van der Waals surface area contributed by atoms with Gasteiger partial charge < -0.3 is 15.2 Å². The number of hydrogen-bond donors (Lipinski definition) is 2. The van der Waals surface area contributed by atoms with Gasteiger partial charge in [0.2, 0.25) is 0 Å². The molecule has 2 fully saturated rings. The molecule has 5 nitrogen and oxygen atoms in total. The first-order valence-corrected chi connectivity index (χ1v) is 11.3. The molecule has 2 atom stereocenters. The maximum absolute atomic E-state index is 13.3. The number of H-pyrrole nitrogens is 1. The summed E-state index contributed by atoms with van der Waals surface area (Å²) in [6.07, 6.45) is 8.62. The van der Waals surface area contributed by atoms with Crippen molar-refractivity contribution in [3.05, 3.63) is 66.0 Å². The summed E-state index contributed by atoms with van der Waals surface area (Å²) in [7, 11) is 0. The van der Waals surface area contributed by atoms with Crippen molar-refractivity contribution in [2.24, 2.45) is 0 Å². The van der Waals surface area contributed by atoms with Gasteiger partial charge in [0.1, 0.15) is 5.69 Å². The lowest BCUT2D eigenvalue weighted by molar-refractivity contribution is 0.0618. The highest BCUT2D eigenvalue weighted by Crippen LogP contribution is 2.46. The van der Waals surface area contributed by atoms with E-state index in [0.29, 0.717) is 11.7 Å². The van der Waals surface area contributed by atoms with E-state index in [-0.39, 0.29) is 17.5 Å². The number of aromatic nitrogens is 2.